The van der Waals surface area contributed by atoms with Gasteiger partial charge in [0, 0.05) is 0 Å². The predicted molar refractivity (Wildman–Crippen MR) is 35.6 cm³/mol. The van der Waals surface area contributed by atoms with Crippen LogP contribution in [0, 0.1) is 5.95 Å². The number of carboxylic acids is 1. The van der Waals surface area contributed by atoms with Gasteiger partial charge >= 0.3 is 5.97 Å². The first-order chi connectivity index (χ1) is 5.11. The maximum absolute atomic E-state index is 12.4. The number of nitrogens with two attached hydrogens (primary N) is 1. The highest BCUT2D eigenvalue weighted by Gasteiger charge is 2.06. The Labute approximate surface area is 61.5 Å². The van der Waals surface area contributed by atoms with Crippen molar-refractivity contribution in [2.45, 2.75) is 0 Å². The van der Waals surface area contributed by atoms with E-state index < -0.39 is 11.9 Å². The van der Waals surface area contributed by atoms with Crippen LogP contribution in [0.4, 0.5) is 10.1 Å². The summed E-state index contributed by atoms with van der Waals surface area (Å²) in [6.07, 6.45) is 0. The van der Waals surface area contributed by atoms with Gasteiger partial charge in [0.15, 0.2) is 5.69 Å². The van der Waals surface area contributed by atoms with E-state index in [1.165, 1.54) is 0 Å². The SMILES string of the molecule is Nc1ccc(C(=O)O)nc1F. The first-order valence-corrected chi connectivity index (χ1v) is 2.76. The monoisotopic (exact) mass is 156 g/mol. The van der Waals surface area contributed by atoms with Crippen LogP contribution in [0.2, 0.25) is 0 Å². The number of halogens is 1. The number of hydrogen-bond acceptors (Lipinski definition) is 3. The van der Waals surface area contributed by atoms with Gasteiger partial charge < -0.3 is 10.8 Å². The van der Waals surface area contributed by atoms with Gasteiger partial charge in [-0.15, -0.1) is 0 Å². The molecule has 0 radical (unpaired) electrons. The topological polar surface area (TPSA) is 76.2 Å². The average Bonchev–Trinajstić information content (AvgIpc) is 1.94. The van der Waals surface area contributed by atoms with Crippen molar-refractivity contribution in [2.24, 2.45) is 0 Å². The van der Waals surface area contributed by atoms with Crippen molar-refractivity contribution < 1.29 is 14.3 Å². The van der Waals surface area contributed by atoms with Crippen LogP contribution in [0.15, 0.2) is 12.1 Å². The van der Waals surface area contributed by atoms with Gasteiger partial charge in [-0.3, -0.25) is 0 Å². The van der Waals surface area contributed by atoms with Crippen molar-refractivity contribution in [1.29, 1.82) is 0 Å². The van der Waals surface area contributed by atoms with Gasteiger partial charge in [0.05, 0.1) is 5.69 Å². The van der Waals surface area contributed by atoms with Crippen LogP contribution < -0.4 is 5.73 Å². The molecule has 0 unspecified atom stereocenters. The molecule has 1 rings (SSSR count). The number of aromatic carboxylic acids is 1. The maximum Gasteiger partial charge on any atom is 0.354 e. The van der Waals surface area contributed by atoms with Gasteiger partial charge in [-0.25, -0.2) is 9.78 Å². The number of carboxylic acid groups (broad SMARTS) is 1. The number of aromatic nitrogens is 1. The highest BCUT2D eigenvalue weighted by atomic mass is 19.1. The molecule has 3 N–H and O–H groups in total. The lowest BCUT2D eigenvalue weighted by Crippen LogP contribution is -2.03. The molecule has 0 amide bonds. The number of rotatable bonds is 1. The minimum Gasteiger partial charge on any atom is -0.477 e. The standard InChI is InChI=1S/C6H5FN2O2/c7-5-3(8)1-2-4(9-5)6(10)11/h1-2H,8H2,(H,10,11). The fraction of sp³-hybridized carbons (Fsp3) is 0. The summed E-state index contributed by atoms with van der Waals surface area (Å²) < 4.78 is 12.4. The lowest BCUT2D eigenvalue weighted by atomic mass is 10.3. The molecule has 58 valence electrons. The Bertz CT molecular complexity index is 301. The van der Waals surface area contributed by atoms with Gasteiger partial charge in [0.2, 0.25) is 5.95 Å². The van der Waals surface area contributed by atoms with E-state index >= 15 is 0 Å². The highest BCUT2D eigenvalue weighted by Crippen LogP contribution is 2.06. The number of pyridine rings is 1. The molecule has 0 aliphatic heterocycles. The Morgan fingerprint density at radius 3 is 2.73 bits per heavy atom. The second-order valence-electron chi connectivity index (χ2n) is 1.88. The fourth-order valence-electron chi connectivity index (χ4n) is 0.564. The summed E-state index contributed by atoms with van der Waals surface area (Å²) in [5, 5.41) is 8.33. The zero-order chi connectivity index (χ0) is 8.43. The normalized spacial score (nSPS) is 9.55. The molecular weight excluding hydrogens is 151 g/mol. The number of carbonyl (C=O) groups is 1. The zero-order valence-electron chi connectivity index (χ0n) is 5.41. The fourth-order valence-corrected chi connectivity index (χ4v) is 0.564. The number of nitrogen functional groups attached to an aromatic ring is 1. The molecule has 1 aromatic heterocycles. The molecule has 0 atom stereocenters. The molecule has 4 nitrogen and oxygen atoms in total. The van der Waals surface area contributed by atoms with Crippen LogP contribution in [-0.2, 0) is 0 Å². The Morgan fingerprint density at radius 1 is 1.64 bits per heavy atom. The largest absolute Gasteiger partial charge is 0.477 e. The Morgan fingerprint density at radius 2 is 2.27 bits per heavy atom. The molecule has 0 bridgehead atoms. The van der Waals surface area contributed by atoms with E-state index in [1.807, 2.05) is 0 Å². The van der Waals surface area contributed by atoms with Crippen LogP contribution >= 0.6 is 0 Å². The van der Waals surface area contributed by atoms with Crippen LogP contribution in [0.25, 0.3) is 0 Å². The van der Waals surface area contributed by atoms with E-state index in [9.17, 15) is 9.18 Å². The summed E-state index contributed by atoms with van der Waals surface area (Å²) in [7, 11) is 0. The molecule has 1 heterocycles. The summed E-state index contributed by atoms with van der Waals surface area (Å²) >= 11 is 0. The van der Waals surface area contributed by atoms with Crippen LogP contribution in [0.1, 0.15) is 10.5 Å². The molecule has 0 saturated heterocycles. The third kappa shape index (κ3) is 1.43. The average molecular weight is 156 g/mol. The first-order valence-electron chi connectivity index (χ1n) is 2.76. The van der Waals surface area contributed by atoms with Gasteiger partial charge in [0.25, 0.3) is 0 Å². The Balaban J connectivity index is 3.15. The minimum absolute atomic E-state index is 0.157. The maximum atomic E-state index is 12.4. The van der Waals surface area contributed by atoms with Gasteiger partial charge in [-0.05, 0) is 12.1 Å². The summed E-state index contributed by atoms with van der Waals surface area (Å²) in [4.78, 5) is 13.3. The van der Waals surface area contributed by atoms with Crippen molar-refractivity contribution in [2.75, 3.05) is 5.73 Å². The van der Waals surface area contributed by atoms with Crippen molar-refractivity contribution in [3.05, 3.63) is 23.8 Å². The molecule has 0 aliphatic carbocycles. The smallest absolute Gasteiger partial charge is 0.354 e. The van der Waals surface area contributed by atoms with Gasteiger partial charge in [0.1, 0.15) is 0 Å². The van der Waals surface area contributed by atoms with Crippen LogP contribution in [0.3, 0.4) is 0 Å². The third-order valence-corrected chi connectivity index (χ3v) is 1.10. The molecule has 0 spiro atoms. The molecule has 0 saturated carbocycles. The molecule has 0 aromatic carbocycles. The van der Waals surface area contributed by atoms with Crippen LogP contribution in [-0.4, -0.2) is 16.1 Å². The Hall–Kier alpha value is -1.65. The summed E-state index contributed by atoms with van der Waals surface area (Å²) in [6, 6.07) is 2.30. The lowest BCUT2D eigenvalue weighted by molar-refractivity contribution is 0.0689. The molecule has 0 fully saturated rings. The van der Waals surface area contributed by atoms with E-state index in [0.717, 1.165) is 12.1 Å². The van der Waals surface area contributed by atoms with Crippen molar-refractivity contribution in [1.82, 2.24) is 4.98 Å². The van der Waals surface area contributed by atoms with Gasteiger partial charge in [-0.2, -0.15) is 4.39 Å². The third-order valence-electron chi connectivity index (χ3n) is 1.10. The van der Waals surface area contributed by atoms with E-state index in [0.29, 0.717) is 0 Å². The number of hydrogen-bond donors (Lipinski definition) is 2. The van der Waals surface area contributed by atoms with E-state index in [4.69, 9.17) is 10.8 Å². The van der Waals surface area contributed by atoms with E-state index in [-0.39, 0.29) is 11.4 Å². The molecule has 11 heavy (non-hydrogen) atoms. The second-order valence-corrected chi connectivity index (χ2v) is 1.88. The van der Waals surface area contributed by atoms with Crippen molar-refractivity contribution >= 4 is 11.7 Å². The van der Waals surface area contributed by atoms with Crippen LogP contribution in [0.5, 0.6) is 0 Å². The molecular formula is C6H5FN2O2. The molecule has 0 aliphatic rings. The highest BCUT2D eigenvalue weighted by molar-refractivity contribution is 5.85. The number of nitrogens with zero attached hydrogens (tertiary/aromatic N) is 1. The van der Waals surface area contributed by atoms with E-state index in [1.54, 1.807) is 0 Å². The molecule has 1 aromatic rings. The summed E-state index contributed by atoms with van der Waals surface area (Å²) in [5.41, 5.74) is 4.55. The first kappa shape index (κ1) is 7.46. The lowest BCUT2D eigenvalue weighted by Gasteiger charge is -1.95. The zero-order valence-corrected chi connectivity index (χ0v) is 5.41. The van der Waals surface area contributed by atoms with Crippen molar-refractivity contribution in [3.8, 4) is 0 Å². The number of anilines is 1. The van der Waals surface area contributed by atoms with E-state index in [2.05, 4.69) is 4.98 Å². The quantitative estimate of drug-likeness (QED) is 0.580. The second kappa shape index (κ2) is 2.53. The molecule has 5 heteroatoms. The summed E-state index contributed by atoms with van der Waals surface area (Å²) in [6.45, 7) is 0. The van der Waals surface area contributed by atoms with Gasteiger partial charge in [-0.1, -0.05) is 0 Å². The summed E-state index contributed by atoms with van der Waals surface area (Å²) in [5.74, 6) is -2.23. The van der Waals surface area contributed by atoms with Crippen molar-refractivity contribution in [3.63, 3.8) is 0 Å². The Kier molecular flexibility index (Phi) is 1.72. The predicted octanol–water partition coefficient (Wildman–Crippen LogP) is 0.501. The minimum atomic E-state index is -1.27.